The Morgan fingerprint density at radius 1 is 1.41 bits per heavy atom. The lowest BCUT2D eigenvalue weighted by atomic mass is 10.0. The number of nitrogens with zero attached hydrogens (tertiary/aromatic N) is 2. The van der Waals surface area contributed by atoms with E-state index in [0.29, 0.717) is 13.0 Å². The number of hydrogen-bond acceptors (Lipinski definition) is 3. The normalized spacial score (nSPS) is 11.9. The minimum absolute atomic E-state index is 0.112. The molecule has 2 N–H and O–H groups in total. The molecule has 2 amide bonds. The SMILES string of the molecule is CCCC(C#N)C(=O)N(CC(N)=O)CC(C)C. The first-order chi connectivity index (χ1) is 7.92. The molecular formula is C12H21N3O2. The second kappa shape index (κ2) is 7.66. The fourth-order valence-corrected chi connectivity index (χ4v) is 1.61. The van der Waals surface area contributed by atoms with E-state index < -0.39 is 11.8 Å². The van der Waals surface area contributed by atoms with Gasteiger partial charge < -0.3 is 10.6 Å². The first kappa shape index (κ1) is 15.4. The third-order valence-electron chi connectivity index (χ3n) is 2.28. The summed E-state index contributed by atoms with van der Waals surface area (Å²) in [6.07, 6.45) is 1.28. The molecule has 1 unspecified atom stereocenters. The topological polar surface area (TPSA) is 87.2 Å². The van der Waals surface area contributed by atoms with E-state index in [4.69, 9.17) is 11.0 Å². The third kappa shape index (κ3) is 5.91. The molecule has 0 aromatic heterocycles. The van der Waals surface area contributed by atoms with Crippen molar-refractivity contribution in [2.75, 3.05) is 13.1 Å². The molecule has 0 aliphatic carbocycles. The maximum atomic E-state index is 12.0. The van der Waals surface area contributed by atoms with Crippen molar-refractivity contribution in [2.45, 2.75) is 33.6 Å². The van der Waals surface area contributed by atoms with Gasteiger partial charge in [-0.2, -0.15) is 5.26 Å². The molecule has 0 rings (SSSR count). The molecule has 0 radical (unpaired) electrons. The summed E-state index contributed by atoms with van der Waals surface area (Å²) in [7, 11) is 0. The molecule has 0 fully saturated rings. The van der Waals surface area contributed by atoms with Crippen LogP contribution in [0.2, 0.25) is 0 Å². The molecule has 0 aliphatic rings. The van der Waals surface area contributed by atoms with Crippen molar-refractivity contribution in [3.63, 3.8) is 0 Å². The van der Waals surface area contributed by atoms with Gasteiger partial charge in [0.25, 0.3) is 0 Å². The average molecular weight is 239 g/mol. The Morgan fingerprint density at radius 2 is 2.00 bits per heavy atom. The molecule has 0 bridgehead atoms. The van der Waals surface area contributed by atoms with Crippen LogP contribution in [0.15, 0.2) is 0 Å². The maximum absolute atomic E-state index is 12.0. The highest BCUT2D eigenvalue weighted by Crippen LogP contribution is 2.11. The third-order valence-corrected chi connectivity index (χ3v) is 2.28. The summed E-state index contributed by atoms with van der Waals surface area (Å²) in [6, 6.07) is 1.99. The summed E-state index contributed by atoms with van der Waals surface area (Å²) in [6.45, 7) is 6.14. The van der Waals surface area contributed by atoms with Crippen LogP contribution < -0.4 is 5.73 Å². The summed E-state index contributed by atoms with van der Waals surface area (Å²) in [5.41, 5.74) is 5.11. The molecule has 0 heterocycles. The second-order valence-corrected chi connectivity index (χ2v) is 4.55. The van der Waals surface area contributed by atoms with Crippen molar-refractivity contribution >= 4 is 11.8 Å². The summed E-state index contributed by atoms with van der Waals surface area (Å²) < 4.78 is 0. The number of carbonyl (C=O) groups excluding carboxylic acids is 2. The smallest absolute Gasteiger partial charge is 0.240 e. The van der Waals surface area contributed by atoms with Gasteiger partial charge in [-0.1, -0.05) is 27.2 Å². The van der Waals surface area contributed by atoms with Crippen LogP contribution in [0.3, 0.4) is 0 Å². The molecule has 96 valence electrons. The van der Waals surface area contributed by atoms with E-state index >= 15 is 0 Å². The number of primary amides is 1. The van der Waals surface area contributed by atoms with Crippen molar-refractivity contribution in [3.8, 4) is 6.07 Å². The lowest BCUT2D eigenvalue weighted by Crippen LogP contribution is -2.43. The summed E-state index contributed by atoms with van der Waals surface area (Å²) in [5, 5.41) is 8.93. The standard InChI is InChI=1S/C12H21N3O2/c1-4-5-10(6-13)12(17)15(7-9(2)3)8-11(14)16/h9-10H,4-5,7-8H2,1-3H3,(H2,14,16). The van der Waals surface area contributed by atoms with Gasteiger partial charge in [0.05, 0.1) is 12.6 Å². The molecule has 5 nitrogen and oxygen atoms in total. The molecule has 0 spiro atoms. The van der Waals surface area contributed by atoms with Crippen molar-refractivity contribution in [3.05, 3.63) is 0 Å². The van der Waals surface area contributed by atoms with E-state index in [1.807, 2.05) is 26.8 Å². The zero-order valence-electron chi connectivity index (χ0n) is 10.8. The van der Waals surface area contributed by atoms with Gasteiger partial charge in [-0.25, -0.2) is 0 Å². The number of hydrogen-bond donors (Lipinski definition) is 1. The van der Waals surface area contributed by atoms with Crippen LogP contribution in [0.25, 0.3) is 0 Å². The van der Waals surface area contributed by atoms with Crippen LogP contribution in [-0.2, 0) is 9.59 Å². The first-order valence-corrected chi connectivity index (χ1v) is 5.89. The predicted octanol–water partition coefficient (Wildman–Crippen LogP) is 0.896. The van der Waals surface area contributed by atoms with Gasteiger partial charge in [0.15, 0.2) is 0 Å². The Hall–Kier alpha value is -1.57. The number of amides is 2. The average Bonchev–Trinajstić information content (AvgIpc) is 2.22. The molecule has 1 atom stereocenters. The van der Waals surface area contributed by atoms with Crippen molar-refractivity contribution in [2.24, 2.45) is 17.6 Å². The Kier molecular flexibility index (Phi) is 6.95. The molecule has 0 aromatic rings. The van der Waals surface area contributed by atoms with Crippen LogP contribution in [0, 0.1) is 23.2 Å². The molecule has 5 heteroatoms. The zero-order valence-corrected chi connectivity index (χ0v) is 10.8. The summed E-state index contributed by atoms with van der Waals surface area (Å²) in [5.74, 6) is -1.27. The van der Waals surface area contributed by atoms with Crippen LogP contribution in [0.4, 0.5) is 0 Å². The van der Waals surface area contributed by atoms with Gasteiger partial charge in [-0.05, 0) is 12.3 Å². The fraction of sp³-hybridized carbons (Fsp3) is 0.750. The van der Waals surface area contributed by atoms with Crippen LogP contribution in [0.1, 0.15) is 33.6 Å². The quantitative estimate of drug-likeness (QED) is 0.715. The van der Waals surface area contributed by atoms with Gasteiger partial charge in [0.1, 0.15) is 5.92 Å². The molecule has 0 saturated heterocycles. The van der Waals surface area contributed by atoms with Crippen LogP contribution >= 0.6 is 0 Å². The van der Waals surface area contributed by atoms with E-state index in [1.54, 1.807) is 0 Å². The summed E-state index contributed by atoms with van der Waals surface area (Å²) in [4.78, 5) is 24.3. The number of nitrogens with two attached hydrogens (primary N) is 1. The van der Waals surface area contributed by atoms with Crippen molar-refractivity contribution in [1.82, 2.24) is 4.90 Å². The molecular weight excluding hydrogens is 218 g/mol. The first-order valence-electron chi connectivity index (χ1n) is 5.89. The van der Waals surface area contributed by atoms with Gasteiger partial charge in [-0.3, -0.25) is 9.59 Å². The van der Waals surface area contributed by atoms with E-state index in [9.17, 15) is 9.59 Å². The van der Waals surface area contributed by atoms with Gasteiger partial charge >= 0.3 is 0 Å². The largest absolute Gasteiger partial charge is 0.368 e. The fourth-order valence-electron chi connectivity index (χ4n) is 1.61. The summed E-state index contributed by atoms with van der Waals surface area (Å²) >= 11 is 0. The second-order valence-electron chi connectivity index (χ2n) is 4.55. The van der Waals surface area contributed by atoms with Crippen molar-refractivity contribution < 1.29 is 9.59 Å². The Labute approximate surface area is 103 Å². The molecule has 0 aliphatic heterocycles. The van der Waals surface area contributed by atoms with E-state index in [0.717, 1.165) is 6.42 Å². The van der Waals surface area contributed by atoms with Gasteiger partial charge in [0.2, 0.25) is 11.8 Å². The minimum atomic E-state index is -0.668. The molecule has 0 saturated carbocycles. The van der Waals surface area contributed by atoms with Crippen molar-refractivity contribution in [1.29, 1.82) is 5.26 Å². The minimum Gasteiger partial charge on any atom is -0.368 e. The van der Waals surface area contributed by atoms with E-state index in [2.05, 4.69) is 0 Å². The predicted molar refractivity (Wildman–Crippen MR) is 64.6 cm³/mol. The van der Waals surface area contributed by atoms with Crippen LogP contribution in [0.5, 0.6) is 0 Å². The maximum Gasteiger partial charge on any atom is 0.240 e. The highest BCUT2D eigenvalue weighted by atomic mass is 16.2. The molecule has 0 aromatic carbocycles. The monoisotopic (exact) mass is 239 g/mol. The van der Waals surface area contributed by atoms with Gasteiger partial charge in [0, 0.05) is 6.54 Å². The Bertz CT molecular complexity index is 307. The number of rotatable bonds is 7. The number of carbonyl (C=O) groups is 2. The number of nitriles is 1. The lowest BCUT2D eigenvalue weighted by molar-refractivity contribution is -0.138. The highest BCUT2D eigenvalue weighted by molar-refractivity contribution is 5.86. The van der Waals surface area contributed by atoms with Gasteiger partial charge in [-0.15, -0.1) is 0 Å². The van der Waals surface area contributed by atoms with E-state index in [-0.39, 0.29) is 18.4 Å². The van der Waals surface area contributed by atoms with E-state index in [1.165, 1.54) is 4.90 Å². The Balaban J connectivity index is 4.71. The van der Waals surface area contributed by atoms with Crippen LogP contribution in [-0.4, -0.2) is 29.8 Å². The highest BCUT2D eigenvalue weighted by Gasteiger charge is 2.24. The Morgan fingerprint density at radius 3 is 2.35 bits per heavy atom. The lowest BCUT2D eigenvalue weighted by Gasteiger charge is -2.25. The molecule has 17 heavy (non-hydrogen) atoms. The zero-order chi connectivity index (χ0) is 13.4.